The molecule has 3 amide bonds. The molecule has 0 spiro atoms. The first-order chi connectivity index (χ1) is 13.4. The highest BCUT2D eigenvalue weighted by Gasteiger charge is 2.58. The van der Waals surface area contributed by atoms with Gasteiger partial charge in [-0.2, -0.15) is 0 Å². The lowest BCUT2D eigenvalue weighted by molar-refractivity contribution is -0.148. The van der Waals surface area contributed by atoms with E-state index in [9.17, 15) is 14.4 Å². The number of nitrogens with zero attached hydrogens (tertiary/aromatic N) is 2. The molecule has 2 aliphatic rings. The number of carbonyl (C=O) groups excluding carboxylic acids is 3. The van der Waals surface area contributed by atoms with Crippen molar-refractivity contribution < 1.29 is 14.4 Å². The van der Waals surface area contributed by atoms with Crippen molar-refractivity contribution in [3.8, 4) is 11.1 Å². The maximum absolute atomic E-state index is 12.8. The third-order valence-corrected chi connectivity index (χ3v) is 5.74. The highest BCUT2D eigenvalue weighted by molar-refractivity contribution is 6.09. The van der Waals surface area contributed by atoms with Gasteiger partial charge in [-0.25, -0.2) is 0 Å². The summed E-state index contributed by atoms with van der Waals surface area (Å²) in [4.78, 5) is 40.6. The number of hydrogen-bond donors (Lipinski definition) is 1. The van der Waals surface area contributed by atoms with E-state index >= 15 is 0 Å². The molecule has 1 atom stereocenters. The number of nitrogens with two attached hydrogens (primary N) is 1. The topological polar surface area (TPSA) is 83.7 Å². The van der Waals surface area contributed by atoms with Crippen molar-refractivity contribution in [1.82, 2.24) is 4.90 Å². The summed E-state index contributed by atoms with van der Waals surface area (Å²) in [7, 11) is 0. The molecule has 2 fully saturated rings. The van der Waals surface area contributed by atoms with Crippen molar-refractivity contribution >= 4 is 23.4 Å². The first-order valence-corrected chi connectivity index (χ1v) is 9.49. The van der Waals surface area contributed by atoms with Crippen molar-refractivity contribution in [2.45, 2.75) is 25.8 Å². The zero-order chi connectivity index (χ0) is 19.9. The van der Waals surface area contributed by atoms with E-state index in [1.54, 1.807) is 4.90 Å². The molecule has 0 aromatic heterocycles. The average Bonchev–Trinajstić information content (AvgIpc) is 3.52. The average molecular weight is 377 g/mol. The summed E-state index contributed by atoms with van der Waals surface area (Å²) in [5, 5.41) is 0. The van der Waals surface area contributed by atoms with Gasteiger partial charge in [0.1, 0.15) is 12.0 Å². The van der Waals surface area contributed by atoms with Crippen LogP contribution in [0.2, 0.25) is 0 Å². The van der Waals surface area contributed by atoms with Crippen molar-refractivity contribution in [3.63, 3.8) is 0 Å². The lowest BCUT2D eigenvalue weighted by atomic mass is 10.0. The number of carbonyl (C=O) groups is 3. The Labute approximate surface area is 163 Å². The van der Waals surface area contributed by atoms with E-state index in [-0.39, 0.29) is 24.4 Å². The number of primary amides is 1. The lowest BCUT2D eigenvalue weighted by Crippen LogP contribution is -2.59. The third kappa shape index (κ3) is 3.05. The van der Waals surface area contributed by atoms with Crippen LogP contribution in [-0.4, -0.2) is 41.8 Å². The van der Waals surface area contributed by atoms with Crippen LogP contribution in [0, 0.1) is 5.41 Å². The molecule has 2 aromatic carbocycles. The van der Waals surface area contributed by atoms with Gasteiger partial charge in [0, 0.05) is 18.3 Å². The van der Waals surface area contributed by atoms with E-state index in [1.165, 1.54) is 4.90 Å². The fraction of sp³-hybridized carbons (Fsp3) is 0.318. The second-order valence-electron chi connectivity index (χ2n) is 7.65. The smallest absolute Gasteiger partial charge is 0.246 e. The van der Waals surface area contributed by atoms with E-state index < -0.39 is 11.3 Å². The summed E-state index contributed by atoms with van der Waals surface area (Å²) in [6.07, 6.45) is 0.947. The summed E-state index contributed by atoms with van der Waals surface area (Å²) in [6, 6.07) is 17.6. The third-order valence-electron chi connectivity index (χ3n) is 5.74. The normalized spacial score (nSPS) is 20.8. The molecular weight excluding hydrogens is 354 g/mol. The number of rotatable bonds is 4. The standard InChI is InChI=1S/C22H23N3O3/c1-15-13-25(18-9-5-8-17(12-18)16-6-3-2-4-7-16)19(26)14-24(15)21(28)22(10-11-22)20(23)27/h2-9,12,15H,10-11,13-14H2,1H3,(H2,23,27)/t15-/m0/s1. The van der Waals surface area contributed by atoms with Crippen molar-refractivity contribution in [2.24, 2.45) is 11.1 Å². The maximum Gasteiger partial charge on any atom is 0.246 e. The van der Waals surface area contributed by atoms with Crippen LogP contribution in [0.1, 0.15) is 19.8 Å². The van der Waals surface area contributed by atoms with Crippen LogP contribution in [0.4, 0.5) is 5.69 Å². The second kappa shape index (κ2) is 6.78. The summed E-state index contributed by atoms with van der Waals surface area (Å²) in [5.41, 5.74) is 7.25. The summed E-state index contributed by atoms with van der Waals surface area (Å²) in [6.45, 7) is 2.25. The minimum absolute atomic E-state index is 0.0371. The van der Waals surface area contributed by atoms with Gasteiger partial charge < -0.3 is 15.5 Å². The van der Waals surface area contributed by atoms with Crippen LogP contribution in [0.3, 0.4) is 0 Å². The van der Waals surface area contributed by atoms with Crippen LogP contribution >= 0.6 is 0 Å². The molecule has 2 aromatic rings. The first-order valence-electron chi connectivity index (χ1n) is 9.49. The van der Waals surface area contributed by atoms with Gasteiger partial charge in [0.25, 0.3) is 0 Å². The zero-order valence-corrected chi connectivity index (χ0v) is 15.8. The monoisotopic (exact) mass is 377 g/mol. The fourth-order valence-corrected chi connectivity index (χ4v) is 3.82. The molecule has 1 saturated carbocycles. The van der Waals surface area contributed by atoms with Crippen LogP contribution in [0.25, 0.3) is 11.1 Å². The Kier molecular flexibility index (Phi) is 4.41. The summed E-state index contributed by atoms with van der Waals surface area (Å²) < 4.78 is 0. The van der Waals surface area contributed by atoms with E-state index in [1.807, 2.05) is 61.5 Å². The highest BCUT2D eigenvalue weighted by Crippen LogP contribution is 2.47. The molecule has 1 heterocycles. The molecule has 28 heavy (non-hydrogen) atoms. The predicted molar refractivity (Wildman–Crippen MR) is 106 cm³/mol. The SMILES string of the molecule is C[C@H]1CN(c2cccc(-c3ccccc3)c2)C(=O)CN1C(=O)C1(C(N)=O)CC1. The predicted octanol–water partition coefficient (Wildman–Crippen LogP) is 2.18. The van der Waals surface area contributed by atoms with E-state index in [2.05, 4.69) is 0 Å². The van der Waals surface area contributed by atoms with Gasteiger partial charge in [-0.05, 0) is 43.0 Å². The van der Waals surface area contributed by atoms with Crippen LogP contribution < -0.4 is 10.6 Å². The van der Waals surface area contributed by atoms with Crippen LogP contribution in [0.15, 0.2) is 54.6 Å². The molecule has 1 saturated heterocycles. The van der Waals surface area contributed by atoms with Crippen LogP contribution in [-0.2, 0) is 14.4 Å². The Morgan fingerprint density at radius 3 is 2.36 bits per heavy atom. The molecule has 6 heteroatoms. The van der Waals surface area contributed by atoms with E-state index in [0.717, 1.165) is 16.8 Å². The van der Waals surface area contributed by atoms with Crippen molar-refractivity contribution in [1.29, 1.82) is 0 Å². The Hall–Kier alpha value is -3.15. The maximum atomic E-state index is 12.8. The molecule has 4 rings (SSSR count). The van der Waals surface area contributed by atoms with Crippen molar-refractivity contribution in [3.05, 3.63) is 54.6 Å². The minimum Gasteiger partial charge on any atom is -0.369 e. The van der Waals surface area contributed by atoms with Gasteiger partial charge in [0.15, 0.2) is 0 Å². The number of benzene rings is 2. The molecule has 0 bridgehead atoms. The van der Waals surface area contributed by atoms with E-state index in [0.29, 0.717) is 19.4 Å². The summed E-state index contributed by atoms with van der Waals surface area (Å²) in [5.74, 6) is -1.05. The second-order valence-corrected chi connectivity index (χ2v) is 7.65. The zero-order valence-electron chi connectivity index (χ0n) is 15.8. The van der Waals surface area contributed by atoms with E-state index in [4.69, 9.17) is 5.73 Å². The molecule has 144 valence electrons. The fourth-order valence-electron chi connectivity index (χ4n) is 3.82. The molecule has 0 radical (unpaired) electrons. The number of amides is 3. The Bertz CT molecular complexity index is 937. The number of hydrogen-bond acceptors (Lipinski definition) is 3. The molecule has 1 aliphatic carbocycles. The lowest BCUT2D eigenvalue weighted by Gasteiger charge is -2.40. The largest absolute Gasteiger partial charge is 0.369 e. The quantitative estimate of drug-likeness (QED) is 0.829. The van der Waals surface area contributed by atoms with Crippen LogP contribution in [0.5, 0.6) is 0 Å². The van der Waals surface area contributed by atoms with Gasteiger partial charge in [-0.3, -0.25) is 14.4 Å². The Morgan fingerprint density at radius 1 is 1.04 bits per heavy atom. The highest BCUT2D eigenvalue weighted by atomic mass is 16.2. The molecule has 6 nitrogen and oxygen atoms in total. The molecule has 2 N–H and O–H groups in total. The Morgan fingerprint density at radius 2 is 1.71 bits per heavy atom. The Balaban J connectivity index is 1.55. The number of piperazine rings is 1. The molecular formula is C22H23N3O3. The van der Waals surface area contributed by atoms with Gasteiger partial charge in [0.05, 0.1) is 0 Å². The molecule has 1 aliphatic heterocycles. The van der Waals surface area contributed by atoms with Gasteiger partial charge in [0.2, 0.25) is 17.7 Å². The molecule has 0 unspecified atom stereocenters. The van der Waals surface area contributed by atoms with Gasteiger partial charge in [-0.15, -0.1) is 0 Å². The van der Waals surface area contributed by atoms with Gasteiger partial charge in [-0.1, -0.05) is 42.5 Å². The minimum atomic E-state index is -1.09. The van der Waals surface area contributed by atoms with Gasteiger partial charge >= 0.3 is 0 Å². The number of anilines is 1. The summed E-state index contributed by atoms with van der Waals surface area (Å²) >= 11 is 0. The van der Waals surface area contributed by atoms with Crippen molar-refractivity contribution in [2.75, 3.05) is 18.0 Å². The first kappa shape index (κ1) is 18.2.